The van der Waals surface area contributed by atoms with E-state index in [0.29, 0.717) is 29.5 Å². The summed E-state index contributed by atoms with van der Waals surface area (Å²) in [5.41, 5.74) is 1.28. The minimum atomic E-state index is -2.98. The first-order chi connectivity index (χ1) is 12.3. The number of sulfone groups is 1. The van der Waals surface area contributed by atoms with Crippen LogP contribution in [0.25, 0.3) is 0 Å². The maximum absolute atomic E-state index is 12.2. The van der Waals surface area contributed by atoms with E-state index in [1.54, 1.807) is 24.1 Å². The molecule has 1 amide bonds. The van der Waals surface area contributed by atoms with Crippen molar-refractivity contribution in [3.8, 4) is 0 Å². The average Bonchev–Trinajstić information content (AvgIpc) is 3.00. The summed E-state index contributed by atoms with van der Waals surface area (Å²) in [4.78, 5) is 22.3. The number of rotatable bonds is 5. The Hall–Kier alpha value is -2.19. The molecule has 1 aliphatic heterocycles. The molecule has 0 aliphatic carbocycles. The number of anilines is 1. The molecule has 7 nitrogen and oxygen atoms in total. The van der Waals surface area contributed by atoms with Gasteiger partial charge >= 0.3 is 0 Å². The van der Waals surface area contributed by atoms with Crippen LogP contribution in [0.3, 0.4) is 0 Å². The summed E-state index contributed by atoms with van der Waals surface area (Å²) < 4.78 is 23.2. The summed E-state index contributed by atoms with van der Waals surface area (Å²) in [6.07, 6.45) is 3.45. The van der Waals surface area contributed by atoms with Crippen LogP contribution in [0.4, 0.5) is 5.95 Å². The van der Waals surface area contributed by atoms with Crippen molar-refractivity contribution in [2.24, 2.45) is 0 Å². The molecular weight excluding hydrogens is 376 g/mol. The van der Waals surface area contributed by atoms with E-state index in [4.69, 9.17) is 11.6 Å². The summed E-state index contributed by atoms with van der Waals surface area (Å²) in [5, 5.41) is 3.44. The number of nitrogens with one attached hydrogen (secondary N) is 1. The first-order valence-corrected chi connectivity index (χ1v) is 10.3. The molecule has 2 aromatic rings. The van der Waals surface area contributed by atoms with Crippen LogP contribution in [0.15, 0.2) is 36.7 Å². The van der Waals surface area contributed by atoms with E-state index < -0.39 is 9.84 Å². The zero-order valence-corrected chi connectivity index (χ0v) is 15.8. The molecule has 1 atom stereocenters. The minimum Gasteiger partial charge on any atom is -0.348 e. The van der Waals surface area contributed by atoms with Gasteiger partial charge in [-0.2, -0.15) is 0 Å². The molecule has 0 bridgehead atoms. The second-order valence-electron chi connectivity index (χ2n) is 6.25. The number of carbonyl (C=O) groups is 1. The Bertz CT molecular complexity index is 885. The van der Waals surface area contributed by atoms with E-state index in [0.717, 1.165) is 5.56 Å². The summed E-state index contributed by atoms with van der Waals surface area (Å²) in [7, 11) is -1.21. The van der Waals surface area contributed by atoms with Gasteiger partial charge in [-0.05, 0) is 24.1 Å². The Morgan fingerprint density at radius 2 is 1.92 bits per heavy atom. The molecule has 3 rings (SSSR count). The summed E-state index contributed by atoms with van der Waals surface area (Å²) in [6.45, 7) is 0.373. The lowest BCUT2D eigenvalue weighted by atomic mass is 10.2. The highest BCUT2D eigenvalue weighted by Gasteiger charge is 2.31. The third kappa shape index (κ3) is 4.50. The van der Waals surface area contributed by atoms with Crippen LogP contribution in [0.5, 0.6) is 0 Å². The quantitative estimate of drug-likeness (QED) is 0.829. The van der Waals surface area contributed by atoms with Gasteiger partial charge in [0.05, 0.1) is 17.1 Å². The number of aromatic nitrogens is 2. The van der Waals surface area contributed by atoms with Crippen molar-refractivity contribution in [3.05, 3.63) is 52.8 Å². The second kappa shape index (κ2) is 7.59. The molecule has 0 saturated carbocycles. The third-order valence-electron chi connectivity index (χ3n) is 4.34. The largest absolute Gasteiger partial charge is 0.348 e. The number of hydrogen-bond acceptors (Lipinski definition) is 6. The highest BCUT2D eigenvalue weighted by Crippen LogP contribution is 2.20. The number of halogens is 1. The average molecular weight is 395 g/mol. The van der Waals surface area contributed by atoms with Gasteiger partial charge in [-0.25, -0.2) is 18.4 Å². The first-order valence-electron chi connectivity index (χ1n) is 8.12. The van der Waals surface area contributed by atoms with Crippen molar-refractivity contribution >= 4 is 33.3 Å². The van der Waals surface area contributed by atoms with Crippen LogP contribution in [0.2, 0.25) is 5.02 Å². The van der Waals surface area contributed by atoms with Crippen LogP contribution in [-0.2, 0) is 16.4 Å². The molecule has 1 aromatic carbocycles. The predicted molar refractivity (Wildman–Crippen MR) is 100 cm³/mol. The van der Waals surface area contributed by atoms with E-state index in [2.05, 4.69) is 15.3 Å². The minimum absolute atomic E-state index is 0.107. The highest BCUT2D eigenvalue weighted by molar-refractivity contribution is 7.91. The SMILES string of the molecule is CN(c1ncc(C(=O)NCc2ccc(Cl)cc2)cn1)C1CCS(=O)(=O)C1. The number of hydrogen-bond donors (Lipinski definition) is 1. The fraction of sp³-hybridized carbons (Fsp3) is 0.353. The van der Waals surface area contributed by atoms with Gasteiger partial charge in [-0.15, -0.1) is 0 Å². The predicted octanol–water partition coefficient (Wildman–Crippen LogP) is 1.68. The van der Waals surface area contributed by atoms with Gasteiger partial charge in [0, 0.05) is 37.1 Å². The van der Waals surface area contributed by atoms with Crippen LogP contribution in [-0.4, -0.2) is 48.9 Å². The lowest BCUT2D eigenvalue weighted by Crippen LogP contribution is -2.34. The van der Waals surface area contributed by atoms with E-state index in [9.17, 15) is 13.2 Å². The molecule has 26 heavy (non-hydrogen) atoms. The molecule has 1 unspecified atom stereocenters. The van der Waals surface area contributed by atoms with Gasteiger partial charge in [-0.3, -0.25) is 4.79 Å². The van der Waals surface area contributed by atoms with Crippen LogP contribution < -0.4 is 10.2 Å². The number of benzene rings is 1. The Balaban J connectivity index is 1.59. The Morgan fingerprint density at radius 3 is 2.50 bits per heavy atom. The molecule has 1 fully saturated rings. The monoisotopic (exact) mass is 394 g/mol. The fourth-order valence-electron chi connectivity index (χ4n) is 2.75. The summed E-state index contributed by atoms with van der Waals surface area (Å²) >= 11 is 5.83. The highest BCUT2D eigenvalue weighted by atomic mass is 35.5. The number of carbonyl (C=O) groups excluding carboxylic acids is 1. The van der Waals surface area contributed by atoms with Crippen molar-refractivity contribution in [2.45, 2.75) is 19.0 Å². The molecule has 1 N–H and O–H groups in total. The normalized spacial score (nSPS) is 18.5. The van der Waals surface area contributed by atoms with Gasteiger partial charge in [0.1, 0.15) is 0 Å². The van der Waals surface area contributed by atoms with E-state index >= 15 is 0 Å². The van der Waals surface area contributed by atoms with Gasteiger partial charge in [-0.1, -0.05) is 23.7 Å². The third-order valence-corrected chi connectivity index (χ3v) is 6.34. The van der Waals surface area contributed by atoms with Gasteiger partial charge in [0.25, 0.3) is 5.91 Å². The summed E-state index contributed by atoms with van der Waals surface area (Å²) in [5.74, 6) is 0.419. The topological polar surface area (TPSA) is 92.3 Å². The molecule has 2 heterocycles. The van der Waals surface area contributed by atoms with Crippen molar-refractivity contribution < 1.29 is 13.2 Å². The molecule has 1 aliphatic rings. The van der Waals surface area contributed by atoms with Crippen molar-refractivity contribution in [1.82, 2.24) is 15.3 Å². The van der Waals surface area contributed by atoms with Gasteiger partial charge < -0.3 is 10.2 Å². The van der Waals surface area contributed by atoms with Crippen molar-refractivity contribution in [1.29, 1.82) is 0 Å². The van der Waals surface area contributed by atoms with Crippen LogP contribution in [0.1, 0.15) is 22.3 Å². The van der Waals surface area contributed by atoms with Gasteiger partial charge in [0.15, 0.2) is 9.84 Å². The fourth-order valence-corrected chi connectivity index (χ4v) is 4.65. The molecule has 1 saturated heterocycles. The van der Waals surface area contributed by atoms with Crippen LogP contribution >= 0.6 is 11.6 Å². The van der Waals surface area contributed by atoms with Gasteiger partial charge in [0.2, 0.25) is 5.95 Å². The molecular formula is C17H19ClN4O3S. The Morgan fingerprint density at radius 1 is 1.27 bits per heavy atom. The molecule has 1 aromatic heterocycles. The zero-order chi connectivity index (χ0) is 18.7. The maximum Gasteiger partial charge on any atom is 0.254 e. The lowest BCUT2D eigenvalue weighted by Gasteiger charge is -2.23. The van der Waals surface area contributed by atoms with Crippen molar-refractivity contribution in [3.63, 3.8) is 0 Å². The maximum atomic E-state index is 12.2. The smallest absolute Gasteiger partial charge is 0.254 e. The molecule has 9 heteroatoms. The standard InChI is InChI=1S/C17H19ClN4O3S/c1-22(15-6-7-26(24,25)11-15)17-20-9-13(10-21-17)16(23)19-8-12-2-4-14(18)5-3-12/h2-5,9-10,15H,6-8,11H2,1H3,(H,19,23). The first kappa shape index (κ1) is 18.6. The number of nitrogens with zero attached hydrogens (tertiary/aromatic N) is 3. The number of amides is 1. The lowest BCUT2D eigenvalue weighted by molar-refractivity contribution is 0.0950. The molecule has 0 radical (unpaired) electrons. The molecule has 138 valence electrons. The van der Waals surface area contributed by atoms with E-state index in [-0.39, 0.29) is 23.5 Å². The van der Waals surface area contributed by atoms with E-state index in [1.807, 2.05) is 12.1 Å². The Labute approximate surface area is 157 Å². The van der Waals surface area contributed by atoms with Crippen molar-refractivity contribution in [2.75, 3.05) is 23.5 Å². The van der Waals surface area contributed by atoms with Crippen LogP contribution in [0, 0.1) is 0 Å². The summed E-state index contributed by atoms with van der Waals surface area (Å²) in [6, 6.07) is 7.07. The Kier molecular flexibility index (Phi) is 5.43. The zero-order valence-electron chi connectivity index (χ0n) is 14.2. The molecule has 0 spiro atoms. The second-order valence-corrected chi connectivity index (χ2v) is 8.91. The van der Waals surface area contributed by atoms with E-state index in [1.165, 1.54) is 12.4 Å².